The fourth-order valence-electron chi connectivity index (χ4n) is 2.25. The van der Waals surface area contributed by atoms with E-state index >= 15 is 0 Å². The van der Waals surface area contributed by atoms with Crippen molar-refractivity contribution in [1.82, 2.24) is 10.2 Å². The number of likely N-dealkylation sites (N-methyl/N-ethyl adjacent to an activating group) is 1. The van der Waals surface area contributed by atoms with E-state index in [0.717, 1.165) is 30.9 Å². The Hall–Kier alpha value is -1.32. The van der Waals surface area contributed by atoms with E-state index in [9.17, 15) is 0 Å². The van der Waals surface area contributed by atoms with Crippen molar-refractivity contribution < 1.29 is 4.42 Å². The Morgan fingerprint density at radius 1 is 1.25 bits per heavy atom. The van der Waals surface area contributed by atoms with Crippen molar-refractivity contribution in [3.63, 3.8) is 0 Å². The van der Waals surface area contributed by atoms with Crippen molar-refractivity contribution in [2.75, 3.05) is 20.1 Å². The molecule has 3 nitrogen and oxygen atoms in total. The van der Waals surface area contributed by atoms with Gasteiger partial charge < -0.3 is 14.6 Å². The molecule has 1 aromatic carbocycles. The van der Waals surface area contributed by atoms with Gasteiger partial charge in [0, 0.05) is 18.0 Å². The number of hydrogen-bond donors (Lipinski definition) is 1. The SMILES string of the molecule is CCCNC(CN(C)C(C)C)c1cc2ccccc2o1. The summed E-state index contributed by atoms with van der Waals surface area (Å²) < 4.78 is 6.02. The maximum atomic E-state index is 6.02. The summed E-state index contributed by atoms with van der Waals surface area (Å²) >= 11 is 0. The van der Waals surface area contributed by atoms with Gasteiger partial charge in [0.15, 0.2) is 0 Å². The minimum atomic E-state index is 0.245. The Bertz CT molecular complexity index is 500. The number of para-hydroxylation sites is 1. The molecule has 0 aliphatic rings. The molecule has 0 saturated carbocycles. The van der Waals surface area contributed by atoms with Gasteiger partial charge in [-0.15, -0.1) is 0 Å². The predicted octanol–water partition coefficient (Wildman–Crippen LogP) is 3.81. The molecule has 20 heavy (non-hydrogen) atoms. The molecule has 1 unspecified atom stereocenters. The molecule has 110 valence electrons. The van der Waals surface area contributed by atoms with Gasteiger partial charge >= 0.3 is 0 Å². The van der Waals surface area contributed by atoms with E-state index in [1.54, 1.807) is 0 Å². The van der Waals surface area contributed by atoms with E-state index in [4.69, 9.17) is 4.42 Å². The Kier molecular flexibility index (Phi) is 5.21. The molecule has 1 aromatic heterocycles. The number of hydrogen-bond acceptors (Lipinski definition) is 3. The predicted molar refractivity (Wildman–Crippen MR) is 85.0 cm³/mol. The van der Waals surface area contributed by atoms with Crippen LogP contribution in [-0.4, -0.2) is 31.1 Å². The fourth-order valence-corrected chi connectivity index (χ4v) is 2.25. The highest BCUT2D eigenvalue weighted by Gasteiger charge is 2.18. The largest absolute Gasteiger partial charge is 0.459 e. The average Bonchev–Trinajstić information content (AvgIpc) is 2.86. The average molecular weight is 274 g/mol. The molecule has 2 aromatic rings. The maximum absolute atomic E-state index is 6.02. The van der Waals surface area contributed by atoms with Gasteiger partial charge in [-0.1, -0.05) is 25.1 Å². The highest BCUT2D eigenvalue weighted by Crippen LogP contribution is 2.24. The third-order valence-corrected chi connectivity index (χ3v) is 3.78. The van der Waals surface area contributed by atoms with Crippen LogP contribution in [0.1, 0.15) is 39.0 Å². The summed E-state index contributed by atoms with van der Waals surface area (Å²) in [5.74, 6) is 1.03. The summed E-state index contributed by atoms with van der Waals surface area (Å²) in [5.41, 5.74) is 0.970. The first kappa shape index (κ1) is 15.1. The van der Waals surface area contributed by atoms with Crippen molar-refractivity contribution in [1.29, 1.82) is 0 Å². The quantitative estimate of drug-likeness (QED) is 0.832. The monoisotopic (exact) mass is 274 g/mol. The van der Waals surface area contributed by atoms with Crippen molar-refractivity contribution in [3.05, 3.63) is 36.1 Å². The van der Waals surface area contributed by atoms with Gasteiger partial charge in [0.2, 0.25) is 0 Å². The highest BCUT2D eigenvalue weighted by molar-refractivity contribution is 5.77. The van der Waals surface area contributed by atoms with Gasteiger partial charge in [0.1, 0.15) is 11.3 Å². The number of furan rings is 1. The molecule has 0 radical (unpaired) electrons. The van der Waals surface area contributed by atoms with Crippen molar-refractivity contribution in [2.24, 2.45) is 0 Å². The second-order valence-corrected chi connectivity index (χ2v) is 5.73. The van der Waals surface area contributed by atoms with Crippen LogP contribution in [0.3, 0.4) is 0 Å². The lowest BCUT2D eigenvalue weighted by molar-refractivity contribution is 0.230. The summed E-state index contributed by atoms with van der Waals surface area (Å²) in [7, 11) is 2.16. The van der Waals surface area contributed by atoms with Gasteiger partial charge in [0.25, 0.3) is 0 Å². The summed E-state index contributed by atoms with van der Waals surface area (Å²) in [4.78, 5) is 2.35. The van der Waals surface area contributed by atoms with Crippen LogP contribution < -0.4 is 5.32 Å². The normalized spacial score (nSPS) is 13.5. The van der Waals surface area contributed by atoms with Crippen molar-refractivity contribution >= 4 is 11.0 Å². The third-order valence-electron chi connectivity index (χ3n) is 3.78. The molecular weight excluding hydrogens is 248 g/mol. The van der Waals surface area contributed by atoms with Crippen LogP contribution in [0.4, 0.5) is 0 Å². The number of rotatable bonds is 7. The fraction of sp³-hybridized carbons (Fsp3) is 0.529. The zero-order valence-corrected chi connectivity index (χ0v) is 13.0. The summed E-state index contributed by atoms with van der Waals surface area (Å²) in [5, 5.41) is 4.78. The van der Waals surface area contributed by atoms with Gasteiger partial charge in [-0.25, -0.2) is 0 Å². The first-order valence-electron chi connectivity index (χ1n) is 7.54. The molecule has 2 rings (SSSR count). The Balaban J connectivity index is 2.20. The zero-order valence-electron chi connectivity index (χ0n) is 13.0. The molecule has 1 atom stereocenters. The zero-order chi connectivity index (χ0) is 14.5. The molecule has 0 bridgehead atoms. The molecule has 0 amide bonds. The Labute approximate surface area is 122 Å². The smallest absolute Gasteiger partial charge is 0.134 e. The summed E-state index contributed by atoms with van der Waals surface area (Å²) in [6, 6.07) is 11.1. The second kappa shape index (κ2) is 6.91. The molecule has 0 spiro atoms. The van der Waals surface area contributed by atoms with Crippen LogP contribution >= 0.6 is 0 Å². The number of benzene rings is 1. The topological polar surface area (TPSA) is 28.4 Å². The summed E-state index contributed by atoms with van der Waals surface area (Å²) in [6.07, 6.45) is 1.13. The molecule has 0 aliphatic carbocycles. The van der Waals surface area contributed by atoms with Crippen LogP contribution in [0, 0.1) is 0 Å². The lowest BCUT2D eigenvalue weighted by Crippen LogP contribution is -2.36. The molecule has 0 aliphatic heterocycles. The molecule has 1 N–H and O–H groups in total. The second-order valence-electron chi connectivity index (χ2n) is 5.73. The first-order chi connectivity index (χ1) is 9.61. The Morgan fingerprint density at radius 3 is 2.65 bits per heavy atom. The van der Waals surface area contributed by atoms with E-state index in [0.29, 0.717) is 6.04 Å². The van der Waals surface area contributed by atoms with Crippen LogP contribution in [0.5, 0.6) is 0 Å². The van der Waals surface area contributed by atoms with Crippen LogP contribution in [0.25, 0.3) is 11.0 Å². The third kappa shape index (κ3) is 3.62. The van der Waals surface area contributed by atoms with E-state index in [1.807, 2.05) is 12.1 Å². The van der Waals surface area contributed by atoms with E-state index < -0.39 is 0 Å². The van der Waals surface area contributed by atoms with E-state index in [-0.39, 0.29) is 6.04 Å². The molecule has 0 fully saturated rings. The van der Waals surface area contributed by atoms with Gasteiger partial charge in [-0.2, -0.15) is 0 Å². The van der Waals surface area contributed by atoms with Gasteiger partial charge in [-0.3, -0.25) is 0 Å². The Morgan fingerprint density at radius 2 is 2.00 bits per heavy atom. The van der Waals surface area contributed by atoms with Crippen molar-refractivity contribution in [2.45, 2.75) is 39.3 Å². The first-order valence-corrected chi connectivity index (χ1v) is 7.54. The van der Waals surface area contributed by atoms with Crippen LogP contribution in [0.2, 0.25) is 0 Å². The van der Waals surface area contributed by atoms with E-state index in [1.165, 1.54) is 5.39 Å². The van der Waals surface area contributed by atoms with Crippen molar-refractivity contribution in [3.8, 4) is 0 Å². The lowest BCUT2D eigenvalue weighted by atomic mass is 10.1. The number of nitrogens with zero attached hydrogens (tertiary/aromatic N) is 1. The number of nitrogens with one attached hydrogen (secondary N) is 1. The molecular formula is C17H26N2O. The minimum absolute atomic E-state index is 0.245. The molecule has 1 heterocycles. The molecule has 3 heteroatoms. The maximum Gasteiger partial charge on any atom is 0.134 e. The number of fused-ring (bicyclic) bond motifs is 1. The highest BCUT2D eigenvalue weighted by atomic mass is 16.3. The summed E-state index contributed by atoms with van der Waals surface area (Å²) in [6.45, 7) is 8.59. The van der Waals surface area contributed by atoms with Gasteiger partial charge in [0.05, 0.1) is 6.04 Å². The van der Waals surface area contributed by atoms with Crippen LogP contribution in [-0.2, 0) is 0 Å². The van der Waals surface area contributed by atoms with Gasteiger partial charge in [-0.05, 0) is 46.0 Å². The lowest BCUT2D eigenvalue weighted by Gasteiger charge is -2.26. The molecule has 0 saturated heterocycles. The minimum Gasteiger partial charge on any atom is -0.459 e. The van der Waals surface area contributed by atoms with E-state index in [2.05, 4.69) is 56.2 Å². The van der Waals surface area contributed by atoms with Crippen LogP contribution in [0.15, 0.2) is 34.7 Å². The standard InChI is InChI=1S/C17H26N2O/c1-5-10-18-15(12-19(4)13(2)3)17-11-14-8-6-7-9-16(14)20-17/h6-9,11,13,15,18H,5,10,12H2,1-4H3.